The summed E-state index contributed by atoms with van der Waals surface area (Å²) in [6, 6.07) is 2.06. The number of pyridine rings is 1. The van der Waals surface area contributed by atoms with Gasteiger partial charge in [-0.15, -0.1) is 0 Å². The number of nitrogen functional groups attached to an aromatic ring is 1. The van der Waals surface area contributed by atoms with Gasteiger partial charge in [0.1, 0.15) is 5.82 Å². The van der Waals surface area contributed by atoms with Crippen LogP contribution in [0, 0.1) is 5.41 Å². The van der Waals surface area contributed by atoms with Gasteiger partial charge in [0.2, 0.25) is 0 Å². The molecule has 0 saturated heterocycles. The molecule has 0 amide bonds. The molecule has 0 aliphatic heterocycles. The van der Waals surface area contributed by atoms with Gasteiger partial charge in [0.15, 0.2) is 0 Å². The minimum absolute atomic E-state index is 0.299. The van der Waals surface area contributed by atoms with Gasteiger partial charge in [-0.2, -0.15) is 0 Å². The van der Waals surface area contributed by atoms with Crippen molar-refractivity contribution in [1.29, 1.82) is 0 Å². The van der Waals surface area contributed by atoms with E-state index >= 15 is 0 Å². The molecule has 1 saturated carbocycles. The second-order valence-corrected chi connectivity index (χ2v) is 5.27. The lowest BCUT2D eigenvalue weighted by molar-refractivity contribution is 0.0527. The molecule has 1 aromatic heterocycles. The normalized spacial score (nSPS) is 20.3. The largest absolute Gasteiger partial charge is 0.462 e. The fourth-order valence-corrected chi connectivity index (χ4v) is 1.82. The molecule has 5 nitrogen and oxygen atoms in total. The smallest absolute Gasteiger partial charge is 0.340 e. The first-order valence-electron chi connectivity index (χ1n) is 6.13. The average molecular weight is 249 g/mol. The number of anilines is 2. The van der Waals surface area contributed by atoms with E-state index in [9.17, 15) is 4.79 Å². The molecule has 18 heavy (non-hydrogen) atoms. The Balaban J connectivity index is 2.14. The van der Waals surface area contributed by atoms with Crippen LogP contribution in [0.2, 0.25) is 0 Å². The zero-order chi connectivity index (χ0) is 13.3. The molecule has 1 atom stereocenters. The summed E-state index contributed by atoms with van der Waals surface area (Å²) in [7, 11) is 0. The second kappa shape index (κ2) is 4.48. The van der Waals surface area contributed by atoms with E-state index in [0.29, 0.717) is 35.1 Å². The molecule has 1 heterocycles. The first-order valence-corrected chi connectivity index (χ1v) is 6.13. The molecule has 98 valence electrons. The van der Waals surface area contributed by atoms with Crippen LogP contribution >= 0.6 is 0 Å². The van der Waals surface area contributed by atoms with Gasteiger partial charge >= 0.3 is 5.97 Å². The van der Waals surface area contributed by atoms with Crippen LogP contribution in [0.1, 0.15) is 37.6 Å². The molecule has 0 bridgehead atoms. The Morgan fingerprint density at radius 1 is 1.67 bits per heavy atom. The number of nitrogens with one attached hydrogen (secondary N) is 1. The molecular weight excluding hydrogens is 230 g/mol. The Morgan fingerprint density at radius 2 is 2.33 bits per heavy atom. The van der Waals surface area contributed by atoms with Crippen LogP contribution in [0.4, 0.5) is 11.5 Å². The minimum Gasteiger partial charge on any atom is -0.462 e. The number of rotatable bonds is 4. The highest BCUT2D eigenvalue weighted by atomic mass is 16.5. The summed E-state index contributed by atoms with van der Waals surface area (Å²) in [6.07, 6.45) is 2.60. The Kier molecular flexibility index (Phi) is 3.15. The number of ether oxygens (including phenoxy) is 1. The summed E-state index contributed by atoms with van der Waals surface area (Å²) in [5, 5.41) is 3.30. The van der Waals surface area contributed by atoms with Crippen LogP contribution in [0.5, 0.6) is 0 Å². The summed E-state index contributed by atoms with van der Waals surface area (Å²) >= 11 is 0. The van der Waals surface area contributed by atoms with E-state index in [0.717, 1.165) is 6.42 Å². The van der Waals surface area contributed by atoms with Crippen LogP contribution in [0.15, 0.2) is 12.3 Å². The number of hydrogen-bond donors (Lipinski definition) is 2. The van der Waals surface area contributed by atoms with Gasteiger partial charge in [-0.1, -0.05) is 13.8 Å². The van der Waals surface area contributed by atoms with E-state index in [1.54, 1.807) is 13.0 Å². The van der Waals surface area contributed by atoms with E-state index in [-0.39, 0.29) is 0 Å². The molecule has 5 heteroatoms. The third-order valence-electron chi connectivity index (χ3n) is 3.27. The number of esters is 1. The second-order valence-electron chi connectivity index (χ2n) is 5.27. The van der Waals surface area contributed by atoms with Crippen molar-refractivity contribution in [2.24, 2.45) is 5.41 Å². The molecular formula is C13H19N3O2. The maximum Gasteiger partial charge on any atom is 0.340 e. The van der Waals surface area contributed by atoms with Gasteiger partial charge in [-0.25, -0.2) is 9.78 Å². The molecule has 1 aliphatic rings. The number of nitrogens with zero attached hydrogens (tertiary/aromatic N) is 1. The zero-order valence-electron chi connectivity index (χ0n) is 11.0. The molecule has 1 aromatic rings. The van der Waals surface area contributed by atoms with Gasteiger partial charge < -0.3 is 15.8 Å². The monoisotopic (exact) mass is 249 g/mol. The first kappa shape index (κ1) is 12.7. The average Bonchev–Trinajstić information content (AvgIpc) is 2.89. The number of nitrogens with two attached hydrogens (primary N) is 1. The van der Waals surface area contributed by atoms with E-state index in [1.165, 1.54) is 6.20 Å². The third-order valence-corrected chi connectivity index (χ3v) is 3.27. The SMILES string of the molecule is CCOC(=O)c1cc(NC2CC2(C)C)ncc1N. The molecule has 1 fully saturated rings. The predicted molar refractivity (Wildman–Crippen MR) is 70.4 cm³/mol. The predicted octanol–water partition coefficient (Wildman–Crippen LogP) is 2.05. The first-order chi connectivity index (χ1) is 8.44. The van der Waals surface area contributed by atoms with Crippen molar-refractivity contribution in [1.82, 2.24) is 4.98 Å². The highest BCUT2D eigenvalue weighted by Gasteiger charge is 2.45. The highest BCUT2D eigenvalue weighted by molar-refractivity contribution is 5.95. The fourth-order valence-electron chi connectivity index (χ4n) is 1.82. The number of carbonyl (C=O) groups is 1. The van der Waals surface area contributed by atoms with Crippen LogP contribution in [0.3, 0.4) is 0 Å². The standard InChI is InChI=1S/C13H19N3O2/c1-4-18-12(17)8-5-11(15-7-9(8)14)16-10-6-13(10,2)3/h5,7,10H,4,6,14H2,1-3H3,(H,15,16). The quantitative estimate of drug-likeness (QED) is 0.798. The Labute approximate surface area is 107 Å². The van der Waals surface area contributed by atoms with Crippen molar-refractivity contribution < 1.29 is 9.53 Å². The minimum atomic E-state index is -0.407. The molecule has 2 rings (SSSR count). The van der Waals surface area contributed by atoms with Crippen LogP contribution < -0.4 is 11.1 Å². The van der Waals surface area contributed by atoms with Crippen molar-refractivity contribution in [3.05, 3.63) is 17.8 Å². The molecule has 0 spiro atoms. The third kappa shape index (κ3) is 2.55. The van der Waals surface area contributed by atoms with Crippen molar-refractivity contribution in [2.45, 2.75) is 33.2 Å². The maximum atomic E-state index is 11.7. The van der Waals surface area contributed by atoms with Crippen LogP contribution in [0.25, 0.3) is 0 Å². The van der Waals surface area contributed by atoms with E-state index < -0.39 is 5.97 Å². The van der Waals surface area contributed by atoms with Crippen LogP contribution in [-0.2, 0) is 4.74 Å². The van der Waals surface area contributed by atoms with E-state index in [2.05, 4.69) is 24.1 Å². The Hall–Kier alpha value is -1.78. The van der Waals surface area contributed by atoms with Crippen LogP contribution in [-0.4, -0.2) is 23.6 Å². The van der Waals surface area contributed by atoms with Crippen molar-refractivity contribution in [3.63, 3.8) is 0 Å². The zero-order valence-corrected chi connectivity index (χ0v) is 11.0. The fraction of sp³-hybridized carbons (Fsp3) is 0.538. The highest BCUT2D eigenvalue weighted by Crippen LogP contribution is 2.46. The number of aromatic nitrogens is 1. The number of hydrogen-bond acceptors (Lipinski definition) is 5. The van der Waals surface area contributed by atoms with Gasteiger partial charge in [0.05, 0.1) is 24.1 Å². The summed E-state index contributed by atoms with van der Waals surface area (Å²) in [4.78, 5) is 15.9. The van der Waals surface area contributed by atoms with Gasteiger partial charge in [-0.3, -0.25) is 0 Å². The molecule has 0 aromatic carbocycles. The topological polar surface area (TPSA) is 77.2 Å². The molecule has 0 radical (unpaired) electrons. The van der Waals surface area contributed by atoms with Gasteiger partial charge in [0.25, 0.3) is 0 Å². The summed E-state index contributed by atoms with van der Waals surface area (Å²) in [5.41, 5.74) is 6.74. The van der Waals surface area contributed by atoms with Gasteiger partial charge in [-0.05, 0) is 24.8 Å². The Bertz CT molecular complexity index is 471. The lowest BCUT2D eigenvalue weighted by Crippen LogP contribution is -2.13. The lowest BCUT2D eigenvalue weighted by atomic mass is 10.2. The summed E-state index contributed by atoms with van der Waals surface area (Å²) in [5.74, 6) is 0.262. The van der Waals surface area contributed by atoms with Gasteiger partial charge in [0, 0.05) is 6.04 Å². The van der Waals surface area contributed by atoms with Crippen molar-refractivity contribution >= 4 is 17.5 Å². The van der Waals surface area contributed by atoms with Crippen molar-refractivity contribution in [3.8, 4) is 0 Å². The maximum absolute atomic E-state index is 11.7. The molecule has 3 N–H and O–H groups in total. The summed E-state index contributed by atoms with van der Waals surface area (Å²) in [6.45, 7) is 6.47. The Morgan fingerprint density at radius 3 is 2.89 bits per heavy atom. The number of carbonyl (C=O) groups excluding carboxylic acids is 1. The van der Waals surface area contributed by atoms with E-state index in [4.69, 9.17) is 10.5 Å². The molecule has 1 aliphatic carbocycles. The lowest BCUT2D eigenvalue weighted by Gasteiger charge is -2.10. The van der Waals surface area contributed by atoms with E-state index in [1.807, 2.05) is 0 Å². The van der Waals surface area contributed by atoms with Crippen molar-refractivity contribution in [2.75, 3.05) is 17.7 Å². The summed E-state index contributed by atoms with van der Waals surface area (Å²) < 4.78 is 4.95. The molecule has 1 unspecified atom stereocenters.